The summed E-state index contributed by atoms with van der Waals surface area (Å²) >= 11 is 6.28. The summed E-state index contributed by atoms with van der Waals surface area (Å²) in [7, 11) is 1.59. The van der Waals surface area contributed by atoms with Crippen LogP contribution in [0.4, 0.5) is 5.82 Å². The van der Waals surface area contributed by atoms with Crippen molar-refractivity contribution >= 4 is 29.2 Å². The number of rotatable bonds is 8. The Morgan fingerprint density at radius 3 is 2.32 bits per heavy atom. The second-order valence-corrected chi connectivity index (χ2v) is 9.89. The Kier molecular flexibility index (Phi) is 7.55. The van der Waals surface area contributed by atoms with Crippen LogP contribution in [0.3, 0.4) is 0 Å². The summed E-state index contributed by atoms with van der Waals surface area (Å²) in [6.07, 6.45) is 2.21. The SMILES string of the molecule is COc1ccc(C(=O)N(CC(=O)N2CCN(c3ccc(-c4ccccc4Cl)nn3)CC2)CC2CC2)cc1. The predicted octanol–water partition coefficient (Wildman–Crippen LogP) is 4.01. The first kappa shape index (κ1) is 25.0. The molecule has 0 radical (unpaired) electrons. The van der Waals surface area contributed by atoms with Gasteiger partial charge in [0.1, 0.15) is 12.3 Å². The van der Waals surface area contributed by atoms with Crippen molar-refractivity contribution in [1.29, 1.82) is 0 Å². The number of aromatic nitrogens is 2. The highest BCUT2D eigenvalue weighted by molar-refractivity contribution is 6.33. The molecule has 1 aromatic heterocycles. The van der Waals surface area contributed by atoms with Gasteiger partial charge in [0.05, 0.1) is 17.8 Å². The smallest absolute Gasteiger partial charge is 0.254 e. The van der Waals surface area contributed by atoms with Crippen LogP contribution in [-0.4, -0.2) is 78.2 Å². The quantitative estimate of drug-likeness (QED) is 0.447. The molecule has 0 atom stereocenters. The van der Waals surface area contributed by atoms with Gasteiger partial charge in [0.15, 0.2) is 5.82 Å². The molecule has 2 aromatic carbocycles. The van der Waals surface area contributed by atoms with E-state index in [9.17, 15) is 9.59 Å². The number of benzene rings is 2. The molecular formula is C28H30ClN5O3. The fraction of sp³-hybridized carbons (Fsp3) is 0.357. The van der Waals surface area contributed by atoms with Gasteiger partial charge in [-0.05, 0) is 61.2 Å². The monoisotopic (exact) mass is 519 g/mol. The standard InChI is InChI=1S/C28H30ClN5O3/c1-37-22-10-8-21(9-11-22)28(36)34(18-20-6-7-20)19-27(35)33-16-14-32(15-17-33)26-13-12-25(30-31-26)23-4-2-3-5-24(23)29/h2-5,8-13,20H,6-7,14-19H2,1H3. The molecule has 8 nitrogen and oxygen atoms in total. The zero-order chi connectivity index (χ0) is 25.8. The van der Waals surface area contributed by atoms with E-state index in [1.807, 2.05) is 41.3 Å². The Morgan fingerprint density at radius 2 is 1.70 bits per heavy atom. The van der Waals surface area contributed by atoms with E-state index >= 15 is 0 Å². The minimum atomic E-state index is -0.115. The Labute approximate surface area is 221 Å². The van der Waals surface area contributed by atoms with Crippen LogP contribution in [0.25, 0.3) is 11.3 Å². The number of piperazine rings is 1. The molecule has 37 heavy (non-hydrogen) atoms. The molecule has 1 saturated carbocycles. The number of hydrogen-bond acceptors (Lipinski definition) is 6. The summed E-state index contributed by atoms with van der Waals surface area (Å²) in [4.78, 5) is 32.0. The number of nitrogens with zero attached hydrogens (tertiary/aromatic N) is 5. The molecular weight excluding hydrogens is 490 g/mol. The molecule has 1 saturated heterocycles. The van der Waals surface area contributed by atoms with Crippen molar-refractivity contribution in [2.45, 2.75) is 12.8 Å². The topological polar surface area (TPSA) is 78.9 Å². The zero-order valence-electron chi connectivity index (χ0n) is 20.8. The number of carbonyl (C=O) groups is 2. The fourth-order valence-electron chi connectivity index (χ4n) is 4.50. The first-order valence-electron chi connectivity index (χ1n) is 12.6. The van der Waals surface area contributed by atoms with Gasteiger partial charge in [0.2, 0.25) is 5.91 Å². The Hall–Kier alpha value is -3.65. The fourth-order valence-corrected chi connectivity index (χ4v) is 4.73. The van der Waals surface area contributed by atoms with Gasteiger partial charge in [-0.25, -0.2) is 0 Å². The molecule has 5 rings (SSSR count). The molecule has 9 heteroatoms. The summed E-state index contributed by atoms with van der Waals surface area (Å²) in [5.74, 6) is 1.81. The highest BCUT2D eigenvalue weighted by Crippen LogP contribution is 2.30. The van der Waals surface area contributed by atoms with Crippen molar-refractivity contribution in [3.8, 4) is 17.0 Å². The number of amides is 2. The lowest BCUT2D eigenvalue weighted by atomic mass is 10.1. The Bertz CT molecular complexity index is 1240. The second kappa shape index (κ2) is 11.2. The molecule has 3 aromatic rings. The average Bonchev–Trinajstić information content (AvgIpc) is 3.77. The maximum atomic E-state index is 13.2. The van der Waals surface area contributed by atoms with E-state index in [1.165, 1.54) is 0 Å². The maximum absolute atomic E-state index is 13.2. The number of anilines is 1. The third-order valence-corrected chi connectivity index (χ3v) is 7.21. The normalized spacial score (nSPS) is 15.4. The second-order valence-electron chi connectivity index (χ2n) is 9.48. The number of halogens is 1. The van der Waals surface area contributed by atoms with Gasteiger partial charge < -0.3 is 19.4 Å². The van der Waals surface area contributed by atoms with Crippen molar-refractivity contribution in [3.05, 3.63) is 71.2 Å². The Balaban J connectivity index is 1.18. The lowest BCUT2D eigenvalue weighted by molar-refractivity contribution is -0.132. The Morgan fingerprint density at radius 1 is 0.973 bits per heavy atom. The molecule has 0 N–H and O–H groups in total. The summed E-state index contributed by atoms with van der Waals surface area (Å²) < 4.78 is 5.20. The number of hydrogen-bond donors (Lipinski definition) is 0. The van der Waals surface area contributed by atoms with Crippen LogP contribution in [0.2, 0.25) is 5.02 Å². The summed E-state index contributed by atoms with van der Waals surface area (Å²) in [5.41, 5.74) is 2.14. The summed E-state index contributed by atoms with van der Waals surface area (Å²) in [5, 5.41) is 9.40. The van der Waals surface area contributed by atoms with Crippen LogP contribution in [0.15, 0.2) is 60.7 Å². The number of methoxy groups -OCH3 is 1. The van der Waals surface area contributed by atoms with E-state index in [4.69, 9.17) is 16.3 Å². The van der Waals surface area contributed by atoms with Gasteiger partial charge in [-0.3, -0.25) is 9.59 Å². The molecule has 0 unspecified atom stereocenters. The molecule has 1 aliphatic carbocycles. The van der Waals surface area contributed by atoms with Crippen LogP contribution < -0.4 is 9.64 Å². The van der Waals surface area contributed by atoms with Crippen LogP contribution in [0, 0.1) is 5.92 Å². The van der Waals surface area contributed by atoms with E-state index in [0.717, 1.165) is 29.9 Å². The first-order chi connectivity index (χ1) is 18.0. The lowest BCUT2D eigenvalue weighted by Crippen LogP contribution is -2.52. The predicted molar refractivity (Wildman–Crippen MR) is 143 cm³/mol. The summed E-state index contributed by atoms with van der Waals surface area (Å²) in [6.45, 7) is 3.15. The van der Waals surface area contributed by atoms with Crippen molar-refractivity contribution in [1.82, 2.24) is 20.0 Å². The zero-order valence-corrected chi connectivity index (χ0v) is 21.6. The molecule has 2 heterocycles. The van der Waals surface area contributed by atoms with Gasteiger partial charge in [0, 0.05) is 43.9 Å². The third-order valence-electron chi connectivity index (χ3n) is 6.88. The molecule has 2 aliphatic rings. The molecule has 192 valence electrons. The van der Waals surface area contributed by atoms with Gasteiger partial charge in [-0.2, -0.15) is 0 Å². The van der Waals surface area contributed by atoms with E-state index < -0.39 is 0 Å². The molecule has 2 fully saturated rings. The van der Waals surface area contributed by atoms with E-state index in [1.54, 1.807) is 36.3 Å². The van der Waals surface area contributed by atoms with Crippen LogP contribution in [0.5, 0.6) is 5.75 Å². The van der Waals surface area contributed by atoms with E-state index in [0.29, 0.717) is 55.0 Å². The van der Waals surface area contributed by atoms with Crippen LogP contribution in [-0.2, 0) is 4.79 Å². The van der Waals surface area contributed by atoms with Gasteiger partial charge >= 0.3 is 0 Å². The van der Waals surface area contributed by atoms with Crippen molar-refractivity contribution in [2.75, 3.05) is 51.3 Å². The lowest BCUT2D eigenvalue weighted by Gasteiger charge is -2.36. The number of carbonyl (C=O) groups excluding carboxylic acids is 2. The molecule has 2 amide bonds. The number of ether oxygens (including phenoxy) is 1. The van der Waals surface area contributed by atoms with Gasteiger partial charge in [0.25, 0.3) is 5.91 Å². The largest absolute Gasteiger partial charge is 0.497 e. The molecule has 0 spiro atoms. The maximum Gasteiger partial charge on any atom is 0.254 e. The van der Waals surface area contributed by atoms with Crippen LogP contribution in [0.1, 0.15) is 23.2 Å². The van der Waals surface area contributed by atoms with Gasteiger partial charge in [-0.1, -0.05) is 29.8 Å². The highest BCUT2D eigenvalue weighted by atomic mass is 35.5. The minimum absolute atomic E-state index is 0.0256. The summed E-state index contributed by atoms with van der Waals surface area (Å²) in [6, 6.07) is 18.5. The van der Waals surface area contributed by atoms with E-state index in [2.05, 4.69) is 15.1 Å². The van der Waals surface area contributed by atoms with Gasteiger partial charge in [-0.15, -0.1) is 10.2 Å². The highest BCUT2D eigenvalue weighted by Gasteiger charge is 2.30. The average molecular weight is 520 g/mol. The van der Waals surface area contributed by atoms with Crippen LogP contribution >= 0.6 is 11.6 Å². The van der Waals surface area contributed by atoms with Crippen molar-refractivity contribution < 1.29 is 14.3 Å². The third kappa shape index (κ3) is 6.02. The van der Waals surface area contributed by atoms with Crippen molar-refractivity contribution in [3.63, 3.8) is 0 Å². The van der Waals surface area contributed by atoms with Crippen molar-refractivity contribution in [2.24, 2.45) is 5.92 Å². The molecule has 0 bridgehead atoms. The minimum Gasteiger partial charge on any atom is -0.497 e. The first-order valence-corrected chi connectivity index (χ1v) is 12.9. The molecule has 1 aliphatic heterocycles. The van der Waals surface area contributed by atoms with E-state index in [-0.39, 0.29) is 18.4 Å².